The highest BCUT2D eigenvalue weighted by atomic mass is 16.3. The highest BCUT2D eigenvalue weighted by Gasteiger charge is 2.28. The normalized spacial score (nSPS) is 13.7. The van der Waals surface area contributed by atoms with Gasteiger partial charge in [-0.3, -0.25) is 0 Å². The van der Waals surface area contributed by atoms with E-state index in [2.05, 4.69) is 167 Å². The van der Waals surface area contributed by atoms with Gasteiger partial charge >= 0.3 is 0 Å². The molecule has 0 unspecified atom stereocenters. The van der Waals surface area contributed by atoms with E-state index in [-0.39, 0.29) is 16.2 Å². The van der Waals surface area contributed by atoms with Crippen LogP contribution in [0.25, 0.3) is 44.3 Å². The predicted molar refractivity (Wildman–Crippen MR) is 216 cm³/mol. The van der Waals surface area contributed by atoms with Crippen molar-refractivity contribution < 1.29 is 4.42 Å². The maximum absolute atomic E-state index is 7.00. The lowest BCUT2D eigenvalue weighted by Gasteiger charge is -2.25. The third-order valence-electron chi connectivity index (χ3n) is 9.38. The van der Waals surface area contributed by atoms with Gasteiger partial charge in [0, 0.05) is 33.0 Å². The van der Waals surface area contributed by atoms with E-state index in [1.54, 1.807) is 0 Å². The number of allylic oxidation sites excluding steroid dienone is 5. The SMILES string of the molecule is C=CC(=NC(=C)c1cccc(-c2ccccc2)c1)C(/C=C\C)=C(\C)c1cc(C(C)(C)C)cc2c1oc1c(C(C)(C)C)cc(C(C)(C)C)cc12. The van der Waals surface area contributed by atoms with Crippen LogP contribution < -0.4 is 0 Å². The van der Waals surface area contributed by atoms with Crippen molar-refractivity contribution in [2.24, 2.45) is 4.99 Å². The predicted octanol–water partition coefficient (Wildman–Crippen LogP) is 13.8. The number of benzene rings is 4. The summed E-state index contributed by atoms with van der Waals surface area (Å²) in [5.74, 6) is 0. The van der Waals surface area contributed by atoms with Crippen LogP contribution in [0.3, 0.4) is 0 Å². The summed E-state index contributed by atoms with van der Waals surface area (Å²) in [5, 5.41) is 2.32. The first kappa shape index (κ1) is 35.6. The van der Waals surface area contributed by atoms with E-state index in [0.29, 0.717) is 5.70 Å². The van der Waals surface area contributed by atoms with E-state index in [0.717, 1.165) is 55.7 Å². The van der Waals surface area contributed by atoms with Crippen molar-refractivity contribution in [1.82, 2.24) is 0 Å². The Hall–Kier alpha value is -4.69. The van der Waals surface area contributed by atoms with Gasteiger partial charge in [0.15, 0.2) is 0 Å². The Bertz CT molecular complexity index is 2140. The second-order valence-corrected chi connectivity index (χ2v) is 16.3. The first-order valence-corrected chi connectivity index (χ1v) is 17.4. The van der Waals surface area contributed by atoms with E-state index in [4.69, 9.17) is 9.41 Å². The highest BCUT2D eigenvalue weighted by molar-refractivity contribution is 6.18. The number of aliphatic imine (C=N–C) groups is 1. The average Bonchev–Trinajstić information content (AvgIpc) is 3.43. The van der Waals surface area contributed by atoms with Crippen LogP contribution in [0, 0.1) is 0 Å². The standard InChI is InChI=1S/C47H53NO/c1-14-20-37(42(15-2)48-31(4)33-23-19-24-34(25-33)32-21-17-16-18-22-32)30(3)38-26-35(45(5,6)7)27-39-40-28-36(46(8,9)10)29-41(47(11,12)13)44(40)49-43(38)39/h14-29H,2,4H2,1,3,5-13H3/b20-14-,37-30+,48-42?. The van der Waals surface area contributed by atoms with E-state index < -0.39 is 0 Å². The van der Waals surface area contributed by atoms with E-state index in [9.17, 15) is 0 Å². The Morgan fingerprint density at radius 2 is 1.29 bits per heavy atom. The number of rotatable bonds is 7. The van der Waals surface area contributed by atoms with Crippen LogP contribution in [-0.4, -0.2) is 5.71 Å². The van der Waals surface area contributed by atoms with Crippen molar-refractivity contribution in [3.63, 3.8) is 0 Å². The number of fused-ring (bicyclic) bond motifs is 3. The minimum atomic E-state index is -0.0950. The number of furan rings is 1. The molecule has 0 saturated carbocycles. The molecule has 2 heteroatoms. The molecule has 0 aliphatic carbocycles. The van der Waals surface area contributed by atoms with Crippen LogP contribution >= 0.6 is 0 Å². The minimum absolute atomic E-state index is 0.00447. The van der Waals surface area contributed by atoms with Crippen molar-refractivity contribution >= 4 is 38.9 Å². The Balaban J connectivity index is 1.78. The number of hydrogen-bond donors (Lipinski definition) is 0. The smallest absolute Gasteiger partial charge is 0.142 e. The molecule has 0 spiro atoms. The van der Waals surface area contributed by atoms with Crippen molar-refractivity contribution in [3.8, 4) is 11.1 Å². The quantitative estimate of drug-likeness (QED) is 0.127. The molecule has 252 valence electrons. The van der Waals surface area contributed by atoms with Crippen LogP contribution in [0.15, 0.2) is 125 Å². The van der Waals surface area contributed by atoms with Crippen molar-refractivity contribution in [2.75, 3.05) is 0 Å². The van der Waals surface area contributed by atoms with Gasteiger partial charge in [-0.1, -0.05) is 142 Å². The Morgan fingerprint density at radius 1 is 0.694 bits per heavy atom. The zero-order valence-corrected chi connectivity index (χ0v) is 31.5. The monoisotopic (exact) mass is 647 g/mol. The minimum Gasteiger partial charge on any atom is -0.455 e. The first-order valence-electron chi connectivity index (χ1n) is 17.4. The van der Waals surface area contributed by atoms with Gasteiger partial charge in [0.1, 0.15) is 11.2 Å². The molecule has 0 saturated heterocycles. The number of nitrogens with zero attached hydrogens (tertiary/aromatic N) is 1. The van der Waals surface area contributed by atoms with Gasteiger partial charge in [0.2, 0.25) is 0 Å². The molecule has 0 bridgehead atoms. The fourth-order valence-electron chi connectivity index (χ4n) is 6.33. The lowest BCUT2D eigenvalue weighted by atomic mass is 9.79. The first-order chi connectivity index (χ1) is 22.9. The summed E-state index contributed by atoms with van der Waals surface area (Å²) in [4.78, 5) is 5.11. The molecule has 2 nitrogen and oxygen atoms in total. The molecular formula is C47H53NO. The van der Waals surface area contributed by atoms with Crippen LogP contribution in [-0.2, 0) is 16.2 Å². The fourth-order valence-corrected chi connectivity index (χ4v) is 6.33. The molecule has 0 atom stereocenters. The van der Waals surface area contributed by atoms with E-state index in [1.807, 2.05) is 19.1 Å². The Morgan fingerprint density at radius 3 is 1.86 bits per heavy atom. The molecular weight excluding hydrogens is 595 g/mol. The molecule has 5 aromatic rings. The third-order valence-corrected chi connectivity index (χ3v) is 9.38. The van der Waals surface area contributed by atoms with Crippen molar-refractivity contribution in [2.45, 2.75) is 92.4 Å². The zero-order chi connectivity index (χ0) is 35.9. The largest absolute Gasteiger partial charge is 0.455 e. The summed E-state index contributed by atoms with van der Waals surface area (Å²) in [6.45, 7) is 33.3. The van der Waals surface area contributed by atoms with E-state index >= 15 is 0 Å². The summed E-state index contributed by atoms with van der Waals surface area (Å²) >= 11 is 0. The lowest BCUT2D eigenvalue weighted by molar-refractivity contribution is 0.559. The third kappa shape index (κ3) is 7.35. The van der Waals surface area contributed by atoms with Gasteiger partial charge in [-0.2, -0.15) is 0 Å². The molecule has 0 amide bonds. The molecule has 0 aliphatic heterocycles. The Kier molecular flexibility index (Phi) is 9.68. The van der Waals surface area contributed by atoms with Crippen LogP contribution in [0.5, 0.6) is 0 Å². The molecule has 1 aromatic heterocycles. The fraction of sp³-hybridized carbons (Fsp3) is 0.298. The molecule has 0 aliphatic rings. The topological polar surface area (TPSA) is 25.5 Å². The summed E-state index contributed by atoms with van der Waals surface area (Å²) < 4.78 is 7.00. The van der Waals surface area contributed by atoms with Gasteiger partial charge in [-0.15, -0.1) is 0 Å². The maximum Gasteiger partial charge on any atom is 0.142 e. The van der Waals surface area contributed by atoms with Gasteiger partial charge < -0.3 is 4.42 Å². The van der Waals surface area contributed by atoms with Crippen LogP contribution in [0.2, 0.25) is 0 Å². The summed E-state index contributed by atoms with van der Waals surface area (Å²) in [6.07, 6.45) is 6.02. The maximum atomic E-state index is 7.00. The van der Waals surface area contributed by atoms with Gasteiger partial charge in [0.05, 0.1) is 11.4 Å². The van der Waals surface area contributed by atoms with Gasteiger partial charge in [-0.25, -0.2) is 4.99 Å². The highest BCUT2D eigenvalue weighted by Crippen LogP contribution is 2.44. The zero-order valence-electron chi connectivity index (χ0n) is 31.5. The van der Waals surface area contributed by atoms with E-state index in [1.165, 1.54) is 22.1 Å². The molecule has 0 fully saturated rings. The van der Waals surface area contributed by atoms with Crippen molar-refractivity contribution in [3.05, 3.63) is 144 Å². The number of hydrogen-bond acceptors (Lipinski definition) is 2. The van der Waals surface area contributed by atoms with Crippen LogP contribution in [0.1, 0.15) is 104 Å². The molecule has 5 rings (SSSR count). The average molecular weight is 648 g/mol. The van der Waals surface area contributed by atoms with Crippen LogP contribution in [0.4, 0.5) is 0 Å². The van der Waals surface area contributed by atoms with Crippen molar-refractivity contribution in [1.29, 1.82) is 0 Å². The molecule has 1 heterocycles. The molecule has 0 radical (unpaired) electrons. The summed E-state index contributed by atoms with van der Waals surface area (Å²) in [5.41, 5.74) is 13.3. The van der Waals surface area contributed by atoms with Gasteiger partial charge in [-0.05, 0) is 88.3 Å². The van der Waals surface area contributed by atoms with Gasteiger partial charge in [0.25, 0.3) is 0 Å². The molecule has 4 aromatic carbocycles. The Labute approximate surface area is 294 Å². The molecule has 49 heavy (non-hydrogen) atoms. The second kappa shape index (κ2) is 13.3. The summed E-state index contributed by atoms with van der Waals surface area (Å²) in [7, 11) is 0. The summed E-state index contributed by atoms with van der Waals surface area (Å²) in [6, 6.07) is 28.1. The second-order valence-electron chi connectivity index (χ2n) is 16.3. The lowest BCUT2D eigenvalue weighted by Crippen LogP contribution is -2.16. The molecule has 0 N–H and O–H groups in total.